The molecule has 0 saturated carbocycles. The largest absolute Gasteiger partial charge is 0.369 e. The van der Waals surface area contributed by atoms with Gasteiger partial charge in [0, 0.05) is 24.7 Å². The third-order valence-corrected chi connectivity index (χ3v) is 4.38. The summed E-state index contributed by atoms with van der Waals surface area (Å²) in [5, 5.41) is 9.29. The molecule has 1 aromatic heterocycles. The van der Waals surface area contributed by atoms with Gasteiger partial charge in [-0.3, -0.25) is 9.78 Å². The molecular formula is C16H13F3N4O. The van der Waals surface area contributed by atoms with Gasteiger partial charge in [-0.05, 0) is 12.0 Å². The number of primary amides is 1. The summed E-state index contributed by atoms with van der Waals surface area (Å²) >= 11 is 0. The van der Waals surface area contributed by atoms with Crippen LogP contribution in [0.1, 0.15) is 12.5 Å². The molecule has 5 nitrogen and oxygen atoms in total. The van der Waals surface area contributed by atoms with Gasteiger partial charge in [0.2, 0.25) is 5.91 Å². The van der Waals surface area contributed by atoms with Crippen molar-refractivity contribution in [3.05, 3.63) is 35.3 Å². The van der Waals surface area contributed by atoms with Gasteiger partial charge in [-0.2, -0.15) is 5.26 Å². The Morgan fingerprint density at radius 3 is 2.67 bits per heavy atom. The van der Waals surface area contributed by atoms with Crippen LogP contribution in [0.2, 0.25) is 0 Å². The van der Waals surface area contributed by atoms with Gasteiger partial charge >= 0.3 is 0 Å². The molecule has 0 radical (unpaired) electrons. The summed E-state index contributed by atoms with van der Waals surface area (Å²) in [6.45, 7) is 2.42. The fourth-order valence-electron chi connectivity index (χ4n) is 3.17. The number of pyridine rings is 1. The number of rotatable bonds is 2. The number of nitrogens with zero attached hydrogens (tertiary/aromatic N) is 3. The molecule has 2 aromatic rings. The molecule has 2 N–H and O–H groups in total. The van der Waals surface area contributed by atoms with Gasteiger partial charge in [-0.1, -0.05) is 6.92 Å². The molecule has 24 heavy (non-hydrogen) atoms. The van der Waals surface area contributed by atoms with E-state index in [-0.39, 0.29) is 34.6 Å². The van der Waals surface area contributed by atoms with Gasteiger partial charge in [-0.25, -0.2) is 13.2 Å². The maximum absolute atomic E-state index is 14.0. The van der Waals surface area contributed by atoms with E-state index >= 15 is 0 Å². The highest BCUT2D eigenvalue weighted by Gasteiger charge is 2.35. The summed E-state index contributed by atoms with van der Waals surface area (Å²) in [4.78, 5) is 16.9. The molecule has 124 valence electrons. The minimum atomic E-state index is -1.62. The number of nitrogens with two attached hydrogens (primary N) is 1. The van der Waals surface area contributed by atoms with Crippen molar-refractivity contribution in [2.75, 3.05) is 18.0 Å². The summed E-state index contributed by atoms with van der Waals surface area (Å²) < 4.78 is 41.1. The summed E-state index contributed by atoms with van der Waals surface area (Å²) in [5.74, 6) is -5.41. The van der Waals surface area contributed by atoms with E-state index in [0.717, 1.165) is 12.3 Å². The molecule has 1 amide bonds. The van der Waals surface area contributed by atoms with Crippen molar-refractivity contribution < 1.29 is 18.0 Å². The van der Waals surface area contributed by atoms with Crippen LogP contribution in [0.15, 0.2) is 12.3 Å². The Hall–Kier alpha value is -2.82. The maximum atomic E-state index is 14.0. The molecule has 0 unspecified atom stereocenters. The number of hydrogen-bond acceptors (Lipinski definition) is 4. The Bertz CT molecular complexity index is 893. The van der Waals surface area contributed by atoms with Crippen LogP contribution in [0.25, 0.3) is 10.9 Å². The maximum Gasteiger partial charge on any atom is 0.222 e. The van der Waals surface area contributed by atoms with Gasteiger partial charge in [0.15, 0.2) is 17.5 Å². The average molecular weight is 334 g/mol. The molecule has 0 spiro atoms. The lowest BCUT2D eigenvalue weighted by atomic mass is 9.98. The minimum Gasteiger partial charge on any atom is -0.369 e. The summed E-state index contributed by atoms with van der Waals surface area (Å²) in [6, 6.07) is 2.74. The molecule has 1 aromatic carbocycles. The topological polar surface area (TPSA) is 83.0 Å². The first-order valence-electron chi connectivity index (χ1n) is 7.25. The van der Waals surface area contributed by atoms with Crippen molar-refractivity contribution >= 4 is 22.5 Å². The standard InChI is InChI=1S/C16H13F3N4O/c1-7-5-23(6-10(7)16(21)24)15-8(3-20)4-22-14-9(15)2-11(17)12(18)13(14)19/h2,4,7,10H,5-6H2,1H3,(H2,21,24)/t7-,10-/m1/s1. The first-order chi connectivity index (χ1) is 11.3. The highest BCUT2D eigenvalue weighted by molar-refractivity contribution is 5.95. The van der Waals surface area contributed by atoms with E-state index in [9.17, 15) is 23.2 Å². The first-order valence-corrected chi connectivity index (χ1v) is 7.25. The van der Waals surface area contributed by atoms with Crippen LogP contribution in [0.5, 0.6) is 0 Å². The zero-order chi connectivity index (χ0) is 17.6. The fourth-order valence-corrected chi connectivity index (χ4v) is 3.17. The van der Waals surface area contributed by atoms with E-state index in [1.54, 1.807) is 4.90 Å². The van der Waals surface area contributed by atoms with Crippen molar-refractivity contribution in [3.8, 4) is 6.07 Å². The van der Waals surface area contributed by atoms with Crippen LogP contribution in [-0.2, 0) is 4.79 Å². The van der Waals surface area contributed by atoms with E-state index in [0.29, 0.717) is 6.54 Å². The van der Waals surface area contributed by atoms with Gasteiger partial charge < -0.3 is 10.6 Å². The average Bonchev–Trinajstić information content (AvgIpc) is 2.93. The SMILES string of the molecule is C[C@@H]1CN(c2c(C#N)cnc3c(F)c(F)c(F)cc23)C[C@H]1C(N)=O. The van der Waals surface area contributed by atoms with Crippen molar-refractivity contribution in [1.29, 1.82) is 5.26 Å². The number of aromatic nitrogens is 1. The van der Waals surface area contributed by atoms with Crippen LogP contribution < -0.4 is 10.6 Å². The Balaban J connectivity index is 2.24. The number of amides is 1. The van der Waals surface area contributed by atoms with Gasteiger partial charge in [0.25, 0.3) is 0 Å². The van der Waals surface area contributed by atoms with Crippen LogP contribution >= 0.6 is 0 Å². The fraction of sp³-hybridized carbons (Fsp3) is 0.312. The zero-order valence-electron chi connectivity index (χ0n) is 12.7. The molecular weight excluding hydrogens is 321 g/mol. The Morgan fingerprint density at radius 2 is 2.08 bits per heavy atom. The first kappa shape index (κ1) is 16.1. The van der Waals surface area contributed by atoms with Crippen molar-refractivity contribution in [2.45, 2.75) is 6.92 Å². The molecule has 1 saturated heterocycles. The number of nitriles is 1. The quantitative estimate of drug-likeness (QED) is 0.853. The molecule has 1 aliphatic rings. The number of anilines is 1. The second kappa shape index (κ2) is 5.67. The third-order valence-electron chi connectivity index (χ3n) is 4.38. The zero-order valence-corrected chi connectivity index (χ0v) is 12.7. The molecule has 1 aliphatic heterocycles. The Morgan fingerprint density at radius 1 is 1.38 bits per heavy atom. The predicted molar refractivity (Wildman–Crippen MR) is 80.4 cm³/mol. The molecule has 3 rings (SSSR count). The van der Waals surface area contributed by atoms with Crippen LogP contribution in [0, 0.1) is 40.6 Å². The second-order valence-corrected chi connectivity index (χ2v) is 5.91. The lowest BCUT2D eigenvalue weighted by Gasteiger charge is -2.22. The summed E-state index contributed by atoms with van der Waals surface area (Å²) in [5.41, 5.74) is 5.32. The normalized spacial score (nSPS) is 20.4. The number of halogens is 3. The number of carbonyl (C=O) groups is 1. The van der Waals surface area contributed by atoms with Crippen molar-refractivity contribution in [1.82, 2.24) is 4.98 Å². The molecule has 0 bridgehead atoms. The molecule has 2 heterocycles. The molecule has 0 aliphatic carbocycles. The third kappa shape index (κ3) is 2.33. The van der Waals surface area contributed by atoms with Crippen molar-refractivity contribution in [2.24, 2.45) is 17.6 Å². The summed E-state index contributed by atoms with van der Waals surface area (Å²) in [6.07, 6.45) is 1.11. The molecule has 2 atom stereocenters. The second-order valence-electron chi connectivity index (χ2n) is 5.91. The Labute approximate surface area is 135 Å². The summed E-state index contributed by atoms with van der Waals surface area (Å²) in [7, 11) is 0. The highest BCUT2D eigenvalue weighted by Crippen LogP contribution is 2.36. The van der Waals surface area contributed by atoms with E-state index in [1.807, 2.05) is 13.0 Å². The van der Waals surface area contributed by atoms with Gasteiger partial charge in [0.05, 0.1) is 17.2 Å². The number of carbonyl (C=O) groups excluding carboxylic acids is 1. The van der Waals surface area contributed by atoms with Gasteiger partial charge in [0.1, 0.15) is 11.6 Å². The van der Waals surface area contributed by atoms with Gasteiger partial charge in [-0.15, -0.1) is 0 Å². The highest BCUT2D eigenvalue weighted by atomic mass is 19.2. The number of fused-ring (bicyclic) bond motifs is 1. The van der Waals surface area contributed by atoms with E-state index in [1.165, 1.54) is 0 Å². The minimum absolute atomic E-state index is 0.0113. The number of benzene rings is 1. The van der Waals surface area contributed by atoms with Crippen molar-refractivity contribution in [3.63, 3.8) is 0 Å². The predicted octanol–water partition coefficient (Wildman–Crippen LogP) is 2.08. The van der Waals surface area contributed by atoms with E-state index in [4.69, 9.17) is 5.73 Å². The van der Waals surface area contributed by atoms with Crippen LogP contribution in [0.4, 0.5) is 18.9 Å². The molecule has 8 heteroatoms. The van der Waals surface area contributed by atoms with E-state index < -0.39 is 29.3 Å². The lowest BCUT2D eigenvalue weighted by molar-refractivity contribution is -0.122. The lowest BCUT2D eigenvalue weighted by Crippen LogP contribution is -2.29. The van der Waals surface area contributed by atoms with Crippen LogP contribution in [0.3, 0.4) is 0 Å². The smallest absolute Gasteiger partial charge is 0.222 e. The van der Waals surface area contributed by atoms with Crippen LogP contribution in [-0.4, -0.2) is 24.0 Å². The molecule has 1 fully saturated rings. The monoisotopic (exact) mass is 334 g/mol. The van der Waals surface area contributed by atoms with E-state index in [2.05, 4.69) is 4.98 Å². The Kier molecular flexibility index (Phi) is 3.79. The number of hydrogen-bond donors (Lipinski definition) is 1.